The number of anilines is 1. The van der Waals surface area contributed by atoms with Crippen LogP contribution >= 0.6 is 11.3 Å². The van der Waals surface area contributed by atoms with E-state index in [4.69, 9.17) is 10.1 Å². The van der Waals surface area contributed by atoms with E-state index in [0.29, 0.717) is 33.0 Å². The van der Waals surface area contributed by atoms with Crippen LogP contribution < -0.4 is 10.1 Å². The van der Waals surface area contributed by atoms with Gasteiger partial charge in [-0.1, -0.05) is 12.1 Å². The molecule has 0 amide bonds. The third-order valence-corrected chi connectivity index (χ3v) is 6.64. The number of alkyl halides is 3. The fourth-order valence-electron chi connectivity index (χ4n) is 3.03. The maximum Gasteiger partial charge on any atom is 0.432 e. The zero-order valence-corrected chi connectivity index (χ0v) is 19.5. The van der Waals surface area contributed by atoms with E-state index in [-0.39, 0.29) is 10.7 Å². The number of para-hydroxylation sites is 2. The van der Waals surface area contributed by atoms with Gasteiger partial charge in [-0.25, -0.2) is 13.4 Å². The third-order valence-electron chi connectivity index (χ3n) is 4.55. The molecule has 0 spiro atoms. The molecule has 0 fully saturated rings. The summed E-state index contributed by atoms with van der Waals surface area (Å²) in [6.07, 6.45) is -1.61. The first kappa shape index (κ1) is 24.5. The number of thiophene rings is 1. The maximum absolute atomic E-state index is 13.1. The largest absolute Gasteiger partial charge is 0.495 e. The lowest BCUT2D eigenvalue weighted by Gasteiger charge is -2.14. The van der Waals surface area contributed by atoms with E-state index in [1.165, 1.54) is 24.6 Å². The molecule has 0 aliphatic heterocycles. The molecule has 174 valence electrons. The van der Waals surface area contributed by atoms with Crippen LogP contribution in [0.1, 0.15) is 10.4 Å². The molecule has 0 saturated carbocycles. The highest BCUT2D eigenvalue weighted by molar-refractivity contribution is 7.90. The van der Waals surface area contributed by atoms with Crippen molar-refractivity contribution < 1.29 is 26.3 Å². The Labute approximate surface area is 193 Å². The Kier molecular flexibility index (Phi) is 6.94. The molecule has 3 aromatic rings. The molecule has 33 heavy (non-hydrogen) atoms. The number of sulfone groups is 1. The Morgan fingerprint density at radius 3 is 2.52 bits per heavy atom. The smallest absolute Gasteiger partial charge is 0.432 e. The van der Waals surface area contributed by atoms with E-state index >= 15 is 0 Å². The number of pyridine rings is 1. The Morgan fingerprint density at radius 1 is 1.21 bits per heavy atom. The molecule has 1 aromatic carbocycles. The average molecular weight is 496 g/mol. The van der Waals surface area contributed by atoms with Crippen LogP contribution in [0.15, 0.2) is 59.1 Å². The summed E-state index contributed by atoms with van der Waals surface area (Å²) in [6, 6.07) is 10.0. The number of ether oxygens (including phenoxy) is 1. The first-order chi connectivity index (χ1) is 15.4. The van der Waals surface area contributed by atoms with E-state index in [9.17, 15) is 21.6 Å². The lowest BCUT2D eigenvalue weighted by Crippen LogP contribution is -2.20. The summed E-state index contributed by atoms with van der Waals surface area (Å²) in [5, 5.41) is 12.1. The Balaban J connectivity index is 2.03. The van der Waals surface area contributed by atoms with Crippen molar-refractivity contribution in [3.05, 3.63) is 64.5 Å². The predicted molar refractivity (Wildman–Crippen MR) is 124 cm³/mol. The highest BCUT2D eigenvalue weighted by Crippen LogP contribution is 2.34. The normalized spacial score (nSPS) is 12.5. The topological polar surface area (TPSA) is 92.1 Å². The minimum Gasteiger partial charge on any atom is -0.495 e. The minimum absolute atomic E-state index is 0.0289. The first-order valence-corrected chi connectivity index (χ1v) is 12.2. The SMILES string of the molecule is COc1ccccc1N/C(=C\C(=N)C(F)(F)F)c1cc(-c2cnc(S(C)(=O)=O)c(C)c2)cs1. The molecule has 0 bridgehead atoms. The number of allylic oxidation sites excluding steroid dienone is 1. The quantitative estimate of drug-likeness (QED) is 0.419. The highest BCUT2D eigenvalue weighted by Gasteiger charge is 2.33. The van der Waals surface area contributed by atoms with Gasteiger partial charge < -0.3 is 10.1 Å². The summed E-state index contributed by atoms with van der Waals surface area (Å²) in [5.41, 5.74) is 0.720. The number of halogens is 3. The molecule has 6 nitrogen and oxygen atoms in total. The Bertz CT molecular complexity index is 1330. The lowest BCUT2D eigenvalue weighted by molar-refractivity contribution is -0.0583. The lowest BCUT2D eigenvalue weighted by atomic mass is 10.1. The van der Waals surface area contributed by atoms with Gasteiger partial charge in [0.1, 0.15) is 11.5 Å². The molecule has 2 N–H and O–H groups in total. The van der Waals surface area contributed by atoms with Gasteiger partial charge in [-0.05, 0) is 53.8 Å². The molecule has 11 heteroatoms. The number of methoxy groups -OCH3 is 1. The molecule has 0 saturated heterocycles. The van der Waals surface area contributed by atoms with Crippen LogP contribution in [0.4, 0.5) is 18.9 Å². The van der Waals surface area contributed by atoms with Crippen molar-refractivity contribution in [1.29, 1.82) is 5.41 Å². The van der Waals surface area contributed by atoms with Gasteiger partial charge in [0.25, 0.3) is 0 Å². The minimum atomic E-state index is -4.81. The number of aryl methyl sites for hydroxylation is 1. The predicted octanol–water partition coefficient (Wildman–Crippen LogP) is 5.57. The van der Waals surface area contributed by atoms with Crippen LogP contribution in [0.25, 0.3) is 16.8 Å². The molecule has 3 rings (SSSR count). The van der Waals surface area contributed by atoms with E-state index < -0.39 is 21.7 Å². The molecule has 0 unspecified atom stereocenters. The first-order valence-electron chi connectivity index (χ1n) is 9.43. The fraction of sp³-hybridized carbons (Fsp3) is 0.182. The molecule has 2 heterocycles. The second-order valence-electron chi connectivity index (χ2n) is 7.11. The number of nitrogens with one attached hydrogen (secondary N) is 2. The van der Waals surface area contributed by atoms with E-state index in [1.54, 1.807) is 48.7 Å². The van der Waals surface area contributed by atoms with Crippen molar-refractivity contribution in [3.63, 3.8) is 0 Å². The fourth-order valence-corrected chi connectivity index (χ4v) is 4.80. The van der Waals surface area contributed by atoms with Crippen LogP contribution in [-0.4, -0.2) is 38.7 Å². The molecular weight excluding hydrogens is 475 g/mol. The summed E-state index contributed by atoms with van der Waals surface area (Å²) in [6.45, 7) is 1.62. The van der Waals surface area contributed by atoms with Crippen molar-refractivity contribution in [2.24, 2.45) is 0 Å². The van der Waals surface area contributed by atoms with Gasteiger partial charge in [0.05, 0.1) is 23.4 Å². The monoisotopic (exact) mass is 495 g/mol. The highest BCUT2D eigenvalue weighted by atomic mass is 32.2. The zero-order chi connectivity index (χ0) is 24.4. The van der Waals surface area contributed by atoms with Crippen molar-refractivity contribution in [1.82, 2.24) is 4.98 Å². The van der Waals surface area contributed by atoms with Crippen molar-refractivity contribution >= 4 is 38.3 Å². The zero-order valence-electron chi connectivity index (χ0n) is 17.8. The van der Waals surface area contributed by atoms with Gasteiger partial charge in [-0.15, -0.1) is 11.3 Å². The summed E-state index contributed by atoms with van der Waals surface area (Å²) in [4.78, 5) is 4.48. The van der Waals surface area contributed by atoms with Gasteiger partial charge in [-0.2, -0.15) is 13.2 Å². The van der Waals surface area contributed by atoms with E-state index in [1.807, 2.05) is 0 Å². The number of benzene rings is 1. The Hall–Kier alpha value is -3.18. The maximum atomic E-state index is 13.1. The summed E-state index contributed by atoms with van der Waals surface area (Å²) < 4.78 is 68.1. The number of rotatable bonds is 7. The van der Waals surface area contributed by atoms with Crippen LogP contribution in [0.5, 0.6) is 5.75 Å². The van der Waals surface area contributed by atoms with Crippen LogP contribution in [0.2, 0.25) is 0 Å². The second kappa shape index (κ2) is 9.36. The number of hydrogen-bond donors (Lipinski definition) is 2. The van der Waals surface area contributed by atoms with Crippen LogP contribution in [-0.2, 0) is 9.84 Å². The summed E-state index contributed by atoms with van der Waals surface area (Å²) in [5.74, 6) is 0.426. The number of aromatic nitrogens is 1. The molecule has 0 atom stereocenters. The molecule has 0 radical (unpaired) electrons. The number of nitrogens with zero attached hydrogens (tertiary/aromatic N) is 1. The van der Waals surface area contributed by atoms with Crippen LogP contribution in [0.3, 0.4) is 0 Å². The van der Waals surface area contributed by atoms with Gasteiger partial charge in [0, 0.05) is 18.0 Å². The van der Waals surface area contributed by atoms with E-state index in [0.717, 1.165) is 12.3 Å². The number of hydrogen-bond acceptors (Lipinski definition) is 7. The molecule has 0 aliphatic rings. The van der Waals surface area contributed by atoms with Crippen LogP contribution in [0, 0.1) is 12.3 Å². The molecule has 0 aliphatic carbocycles. The van der Waals surface area contributed by atoms with Crippen molar-refractivity contribution in [3.8, 4) is 16.9 Å². The van der Waals surface area contributed by atoms with Gasteiger partial charge in [-0.3, -0.25) is 5.41 Å². The molecular formula is C22H20F3N3O3S2. The average Bonchev–Trinajstić information content (AvgIpc) is 3.22. The van der Waals surface area contributed by atoms with Crippen molar-refractivity contribution in [2.75, 3.05) is 18.7 Å². The van der Waals surface area contributed by atoms with Crippen molar-refractivity contribution in [2.45, 2.75) is 18.1 Å². The Morgan fingerprint density at radius 2 is 1.91 bits per heavy atom. The standard InChI is InChI=1S/C22H20F3N3O3S2/c1-13-8-14(11-27-21(13)33(3,29)30)15-9-19(32-12-15)17(10-20(26)22(23,24)25)28-16-6-4-5-7-18(16)31-2/h4-12,26,28H,1-3H3/b17-10-,26-20?. The summed E-state index contributed by atoms with van der Waals surface area (Å²) >= 11 is 1.17. The van der Waals surface area contributed by atoms with Gasteiger partial charge >= 0.3 is 6.18 Å². The van der Waals surface area contributed by atoms with E-state index in [2.05, 4.69) is 10.3 Å². The van der Waals surface area contributed by atoms with Gasteiger partial charge in [0.2, 0.25) is 0 Å². The second-order valence-corrected chi connectivity index (χ2v) is 9.95. The van der Waals surface area contributed by atoms with Gasteiger partial charge in [0.15, 0.2) is 14.9 Å². The molecule has 2 aromatic heterocycles. The summed E-state index contributed by atoms with van der Waals surface area (Å²) in [7, 11) is -2.03. The third kappa shape index (κ3) is 5.79.